The summed E-state index contributed by atoms with van der Waals surface area (Å²) in [6, 6.07) is 0. The van der Waals surface area contributed by atoms with E-state index in [2.05, 4.69) is 0 Å². The first-order chi connectivity index (χ1) is 5.41. The van der Waals surface area contributed by atoms with Crippen molar-refractivity contribution in [3.63, 3.8) is 0 Å². The van der Waals surface area contributed by atoms with E-state index in [1.54, 1.807) is 0 Å². The molecular formula is C9H13NO2. The minimum atomic E-state index is -0.476. The molecule has 0 radical (unpaired) electrons. The van der Waals surface area contributed by atoms with Crippen molar-refractivity contribution in [2.75, 3.05) is 0 Å². The summed E-state index contributed by atoms with van der Waals surface area (Å²) in [6.45, 7) is 3.92. The van der Waals surface area contributed by atoms with E-state index in [0.29, 0.717) is 18.4 Å². The number of carbonyl (C=O) groups excluding carboxylic acids is 2. The van der Waals surface area contributed by atoms with E-state index in [9.17, 15) is 9.59 Å². The Kier molecular flexibility index (Phi) is 2.04. The predicted molar refractivity (Wildman–Crippen MR) is 45.3 cm³/mol. The first-order valence-corrected chi connectivity index (χ1v) is 3.94. The van der Waals surface area contributed by atoms with Gasteiger partial charge in [-0.15, -0.1) is 0 Å². The molecule has 1 rings (SSSR count). The largest absolute Gasteiger partial charge is 0.366 e. The molecule has 66 valence electrons. The smallest absolute Gasteiger partial charge is 0.244 e. The maximum atomic E-state index is 11.1. The fraction of sp³-hybridized carbons (Fsp3) is 0.556. The first kappa shape index (κ1) is 8.97. The Morgan fingerprint density at radius 2 is 2.08 bits per heavy atom. The normalized spacial score (nSPS) is 21.8. The van der Waals surface area contributed by atoms with Crippen LogP contribution in [0.25, 0.3) is 0 Å². The highest BCUT2D eigenvalue weighted by molar-refractivity contribution is 6.02. The van der Waals surface area contributed by atoms with E-state index in [-0.39, 0.29) is 11.2 Å². The topological polar surface area (TPSA) is 60.2 Å². The van der Waals surface area contributed by atoms with Crippen molar-refractivity contribution in [3.05, 3.63) is 11.6 Å². The maximum absolute atomic E-state index is 11.1. The highest BCUT2D eigenvalue weighted by Gasteiger charge is 2.29. The van der Waals surface area contributed by atoms with Crippen LogP contribution in [-0.2, 0) is 9.59 Å². The van der Waals surface area contributed by atoms with Crippen LogP contribution in [0.5, 0.6) is 0 Å². The molecule has 0 heterocycles. The Bertz CT molecular complexity index is 264. The Morgan fingerprint density at radius 3 is 2.50 bits per heavy atom. The molecule has 3 heteroatoms. The number of allylic oxidation sites excluding steroid dienone is 1. The number of amides is 1. The van der Waals surface area contributed by atoms with Crippen LogP contribution in [0.1, 0.15) is 26.7 Å². The number of hydrogen-bond acceptors (Lipinski definition) is 2. The average Bonchev–Trinajstić information content (AvgIpc) is 1.82. The highest BCUT2D eigenvalue weighted by Crippen LogP contribution is 2.33. The third-order valence-electron chi connectivity index (χ3n) is 1.97. The first-order valence-electron chi connectivity index (χ1n) is 3.94. The number of primary amides is 1. The van der Waals surface area contributed by atoms with E-state index in [0.717, 1.165) is 0 Å². The van der Waals surface area contributed by atoms with Gasteiger partial charge in [0.1, 0.15) is 0 Å². The zero-order valence-electron chi connectivity index (χ0n) is 7.39. The van der Waals surface area contributed by atoms with Gasteiger partial charge < -0.3 is 5.73 Å². The number of nitrogens with two attached hydrogens (primary N) is 1. The van der Waals surface area contributed by atoms with Crippen molar-refractivity contribution in [1.82, 2.24) is 0 Å². The lowest BCUT2D eigenvalue weighted by atomic mass is 9.77. The predicted octanol–water partition coefficient (Wildman–Crippen LogP) is 0.787. The fourth-order valence-corrected chi connectivity index (χ4v) is 1.50. The van der Waals surface area contributed by atoms with Gasteiger partial charge in [-0.1, -0.05) is 13.8 Å². The van der Waals surface area contributed by atoms with Crippen LogP contribution in [0.3, 0.4) is 0 Å². The van der Waals surface area contributed by atoms with E-state index in [1.807, 2.05) is 13.8 Å². The van der Waals surface area contributed by atoms with Crippen molar-refractivity contribution in [1.29, 1.82) is 0 Å². The minimum Gasteiger partial charge on any atom is -0.366 e. The van der Waals surface area contributed by atoms with Gasteiger partial charge in [0.25, 0.3) is 0 Å². The molecule has 0 saturated carbocycles. The summed E-state index contributed by atoms with van der Waals surface area (Å²) in [6.07, 6.45) is 2.48. The molecule has 0 unspecified atom stereocenters. The van der Waals surface area contributed by atoms with Gasteiger partial charge >= 0.3 is 0 Å². The third-order valence-corrected chi connectivity index (χ3v) is 1.97. The maximum Gasteiger partial charge on any atom is 0.244 e. The molecule has 2 N–H and O–H groups in total. The molecule has 3 nitrogen and oxygen atoms in total. The zero-order chi connectivity index (χ0) is 9.35. The van der Waals surface area contributed by atoms with E-state index >= 15 is 0 Å². The summed E-state index contributed by atoms with van der Waals surface area (Å²) in [7, 11) is 0. The van der Waals surface area contributed by atoms with Crippen LogP contribution < -0.4 is 5.73 Å². The number of carbonyl (C=O) groups is 2. The molecule has 0 aromatic heterocycles. The van der Waals surface area contributed by atoms with Gasteiger partial charge in [0.05, 0.1) is 0 Å². The van der Waals surface area contributed by atoms with E-state index in [1.165, 1.54) is 6.08 Å². The fourth-order valence-electron chi connectivity index (χ4n) is 1.50. The SMILES string of the molecule is CC1(C)CC(=O)C=C(C(N)=O)C1. The molecule has 0 aromatic rings. The lowest BCUT2D eigenvalue weighted by molar-refractivity contribution is -0.119. The Labute approximate surface area is 71.6 Å². The second-order valence-electron chi connectivity index (χ2n) is 4.02. The molecule has 12 heavy (non-hydrogen) atoms. The molecule has 0 saturated heterocycles. The molecule has 0 aliphatic heterocycles. The van der Waals surface area contributed by atoms with Gasteiger partial charge in [-0.2, -0.15) is 0 Å². The second kappa shape index (κ2) is 2.73. The Hall–Kier alpha value is -1.12. The van der Waals surface area contributed by atoms with Gasteiger partial charge in [-0.3, -0.25) is 9.59 Å². The van der Waals surface area contributed by atoms with Gasteiger partial charge in [-0.05, 0) is 17.9 Å². The molecule has 1 aliphatic rings. The van der Waals surface area contributed by atoms with Crippen LogP contribution in [-0.4, -0.2) is 11.7 Å². The Morgan fingerprint density at radius 1 is 1.50 bits per heavy atom. The number of ketones is 1. The molecule has 1 amide bonds. The summed E-state index contributed by atoms with van der Waals surface area (Å²) in [5, 5.41) is 0. The Balaban J connectivity index is 2.91. The summed E-state index contributed by atoms with van der Waals surface area (Å²) in [5.41, 5.74) is 5.43. The molecule has 0 bridgehead atoms. The van der Waals surface area contributed by atoms with Crippen LogP contribution >= 0.6 is 0 Å². The summed E-state index contributed by atoms with van der Waals surface area (Å²) in [5.74, 6) is -0.476. The number of rotatable bonds is 1. The molecular weight excluding hydrogens is 154 g/mol. The van der Waals surface area contributed by atoms with E-state index < -0.39 is 5.91 Å². The summed E-state index contributed by atoms with van der Waals surface area (Å²) in [4.78, 5) is 21.9. The van der Waals surface area contributed by atoms with Gasteiger partial charge in [0, 0.05) is 12.0 Å². The lowest BCUT2D eigenvalue weighted by Crippen LogP contribution is -2.27. The minimum absolute atomic E-state index is 0.0000463. The zero-order valence-corrected chi connectivity index (χ0v) is 7.39. The van der Waals surface area contributed by atoms with Crippen molar-refractivity contribution >= 4 is 11.7 Å². The van der Waals surface area contributed by atoms with E-state index in [4.69, 9.17) is 5.73 Å². The second-order valence-corrected chi connectivity index (χ2v) is 4.02. The van der Waals surface area contributed by atoms with Crippen LogP contribution in [0.15, 0.2) is 11.6 Å². The monoisotopic (exact) mass is 167 g/mol. The van der Waals surface area contributed by atoms with Gasteiger partial charge in [0.15, 0.2) is 5.78 Å². The van der Waals surface area contributed by atoms with Crippen LogP contribution in [0.2, 0.25) is 0 Å². The summed E-state index contributed by atoms with van der Waals surface area (Å²) < 4.78 is 0. The molecule has 0 spiro atoms. The van der Waals surface area contributed by atoms with Gasteiger partial charge in [-0.25, -0.2) is 0 Å². The van der Waals surface area contributed by atoms with Crippen LogP contribution in [0, 0.1) is 5.41 Å². The summed E-state index contributed by atoms with van der Waals surface area (Å²) >= 11 is 0. The average molecular weight is 167 g/mol. The van der Waals surface area contributed by atoms with Gasteiger partial charge in [0.2, 0.25) is 5.91 Å². The van der Waals surface area contributed by atoms with Crippen molar-refractivity contribution in [3.8, 4) is 0 Å². The molecule has 0 fully saturated rings. The lowest BCUT2D eigenvalue weighted by Gasteiger charge is -2.27. The standard InChI is InChI=1S/C9H13NO2/c1-9(2)4-6(8(10)12)3-7(11)5-9/h3H,4-5H2,1-2H3,(H2,10,12). The third kappa shape index (κ3) is 1.94. The quantitative estimate of drug-likeness (QED) is 0.627. The van der Waals surface area contributed by atoms with Crippen molar-refractivity contribution < 1.29 is 9.59 Å². The molecule has 1 aliphatic carbocycles. The number of hydrogen-bond donors (Lipinski definition) is 1. The highest BCUT2D eigenvalue weighted by atomic mass is 16.1. The van der Waals surface area contributed by atoms with Crippen molar-refractivity contribution in [2.24, 2.45) is 11.1 Å². The van der Waals surface area contributed by atoms with Crippen LogP contribution in [0.4, 0.5) is 0 Å². The molecule has 0 atom stereocenters. The van der Waals surface area contributed by atoms with Crippen molar-refractivity contribution in [2.45, 2.75) is 26.7 Å². The molecule has 0 aromatic carbocycles.